The highest BCUT2D eigenvalue weighted by Gasteiger charge is 2.33. The highest BCUT2D eigenvalue weighted by atomic mass is 35.5. The normalized spacial score (nSPS) is 15.9. The first-order valence-corrected chi connectivity index (χ1v) is 9.68. The molecule has 3 aromatic rings. The molecule has 4 nitrogen and oxygen atoms in total. The topological polar surface area (TPSA) is 50.5 Å². The smallest absolute Gasteiger partial charge is 0.343 e. The number of hydrogen-bond donors (Lipinski definition) is 0. The molecule has 1 amide bonds. The maximum atomic E-state index is 12.8. The fraction of sp³-hybridized carbons (Fsp3) is 0. The van der Waals surface area contributed by atoms with Crippen molar-refractivity contribution in [2.75, 3.05) is 4.90 Å². The summed E-state index contributed by atoms with van der Waals surface area (Å²) in [4.78, 5) is 26.8. The lowest BCUT2D eigenvalue weighted by Gasteiger charge is -2.15. The third kappa shape index (κ3) is 3.41. The molecule has 0 atom stereocenters. The lowest BCUT2D eigenvalue weighted by Crippen LogP contribution is -2.27. The fourth-order valence-corrected chi connectivity index (χ4v) is 4.22. The van der Waals surface area contributed by atoms with Crippen LogP contribution in [0.3, 0.4) is 0 Å². The predicted molar refractivity (Wildman–Crippen MR) is 115 cm³/mol. The van der Waals surface area contributed by atoms with E-state index in [1.54, 1.807) is 36.4 Å². The second kappa shape index (κ2) is 7.13. The molecule has 2 heterocycles. The third-order valence-corrected chi connectivity index (χ3v) is 5.95. The Morgan fingerprint density at radius 2 is 1.81 bits per heavy atom. The van der Waals surface area contributed by atoms with Crippen molar-refractivity contribution in [1.82, 2.24) is 0 Å². The van der Waals surface area contributed by atoms with Crippen molar-refractivity contribution >= 4 is 80.1 Å². The molecular formula is C19H9Cl2NO3S2. The number of thioether (sulfide) groups is 1. The number of carbonyl (C=O) groups excluding carboxylic acids is 1. The van der Waals surface area contributed by atoms with E-state index in [2.05, 4.69) is 0 Å². The van der Waals surface area contributed by atoms with Gasteiger partial charge >= 0.3 is 5.63 Å². The molecule has 8 heteroatoms. The molecular weight excluding hydrogens is 425 g/mol. The molecule has 1 fully saturated rings. The Morgan fingerprint density at radius 1 is 1.04 bits per heavy atom. The van der Waals surface area contributed by atoms with Gasteiger partial charge < -0.3 is 4.42 Å². The molecule has 0 radical (unpaired) electrons. The minimum Gasteiger partial charge on any atom is -0.422 e. The van der Waals surface area contributed by atoms with Crippen LogP contribution in [0, 0.1) is 0 Å². The largest absolute Gasteiger partial charge is 0.422 e. The number of thiocarbonyl (C=S) groups is 1. The summed E-state index contributed by atoms with van der Waals surface area (Å²) >= 11 is 18.4. The van der Waals surface area contributed by atoms with Crippen molar-refractivity contribution in [3.05, 3.63) is 79.5 Å². The summed E-state index contributed by atoms with van der Waals surface area (Å²) in [6.45, 7) is 0. The lowest BCUT2D eigenvalue weighted by molar-refractivity contribution is -0.113. The molecule has 0 N–H and O–H groups in total. The zero-order valence-corrected chi connectivity index (χ0v) is 16.6. The van der Waals surface area contributed by atoms with Crippen LogP contribution in [-0.4, -0.2) is 10.2 Å². The van der Waals surface area contributed by atoms with Gasteiger partial charge in [-0.2, -0.15) is 0 Å². The van der Waals surface area contributed by atoms with Crippen LogP contribution in [0.15, 0.2) is 62.6 Å². The van der Waals surface area contributed by atoms with E-state index in [4.69, 9.17) is 39.8 Å². The Kier molecular flexibility index (Phi) is 4.82. The molecule has 1 aliphatic heterocycles. The molecule has 1 aromatic heterocycles. The minimum absolute atomic E-state index is 0.281. The van der Waals surface area contributed by atoms with Crippen LogP contribution < -0.4 is 10.5 Å². The number of halogens is 2. The molecule has 2 aromatic carbocycles. The van der Waals surface area contributed by atoms with E-state index in [9.17, 15) is 9.59 Å². The zero-order valence-electron chi connectivity index (χ0n) is 13.4. The van der Waals surface area contributed by atoms with Crippen LogP contribution in [0.4, 0.5) is 5.69 Å². The number of anilines is 1. The predicted octanol–water partition coefficient (Wildman–Crippen LogP) is 5.51. The van der Waals surface area contributed by atoms with Gasteiger partial charge in [0.15, 0.2) is 4.32 Å². The Balaban J connectivity index is 1.74. The number of rotatable bonds is 2. The summed E-state index contributed by atoms with van der Waals surface area (Å²) in [6.07, 6.45) is 1.50. The number of benzene rings is 2. The van der Waals surface area contributed by atoms with Gasteiger partial charge in [0.05, 0.1) is 26.2 Å². The standard InChI is InChI=1S/C19H9Cl2NO3S2/c20-13-6-5-12(9-14(13)21)22-17(23)16(27-19(22)26)8-11-7-10-3-1-2-4-15(10)25-18(11)24/h1-9H. The Morgan fingerprint density at radius 3 is 2.59 bits per heavy atom. The molecule has 0 bridgehead atoms. The minimum atomic E-state index is -0.520. The van der Waals surface area contributed by atoms with Crippen LogP contribution in [-0.2, 0) is 4.79 Å². The van der Waals surface area contributed by atoms with Crippen molar-refractivity contribution in [3.63, 3.8) is 0 Å². The van der Waals surface area contributed by atoms with Gasteiger partial charge in [0, 0.05) is 5.39 Å². The molecule has 4 rings (SSSR count). The lowest BCUT2D eigenvalue weighted by atomic mass is 10.1. The molecule has 0 unspecified atom stereocenters. The van der Waals surface area contributed by atoms with Gasteiger partial charge in [0.1, 0.15) is 5.58 Å². The van der Waals surface area contributed by atoms with Gasteiger partial charge in [-0.1, -0.05) is 65.4 Å². The van der Waals surface area contributed by atoms with E-state index in [1.807, 2.05) is 12.1 Å². The van der Waals surface area contributed by atoms with Crippen LogP contribution in [0.1, 0.15) is 5.56 Å². The first kappa shape index (κ1) is 18.3. The second-order valence-corrected chi connectivity index (χ2v) is 8.13. The average molecular weight is 434 g/mol. The summed E-state index contributed by atoms with van der Waals surface area (Å²) in [7, 11) is 0. The van der Waals surface area contributed by atoms with Crippen molar-refractivity contribution in [2.45, 2.75) is 0 Å². The van der Waals surface area contributed by atoms with Gasteiger partial charge in [0.25, 0.3) is 5.91 Å². The van der Waals surface area contributed by atoms with Crippen molar-refractivity contribution in [1.29, 1.82) is 0 Å². The molecule has 134 valence electrons. The zero-order chi connectivity index (χ0) is 19.1. The van der Waals surface area contributed by atoms with E-state index >= 15 is 0 Å². The summed E-state index contributed by atoms with van der Waals surface area (Å²) < 4.78 is 5.65. The van der Waals surface area contributed by atoms with Gasteiger partial charge in [0.2, 0.25) is 0 Å². The van der Waals surface area contributed by atoms with Crippen LogP contribution in [0.25, 0.3) is 17.0 Å². The number of carbonyl (C=O) groups is 1. The molecule has 0 aliphatic carbocycles. The number of para-hydroxylation sites is 1. The van der Waals surface area contributed by atoms with Crippen molar-refractivity contribution < 1.29 is 9.21 Å². The summed E-state index contributed by atoms with van der Waals surface area (Å²) in [5.41, 5.74) is 0.765. The van der Waals surface area contributed by atoms with Gasteiger partial charge in [-0.15, -0.1) is 0 Å². The number of fused-ring (bicyclic) bond motifs is 1. The van der Waals surface area contributed by atoms with E-state index in [1.165, 1.54) is 11.0 Å². The van der Waals surface area contributed by atoms with Gasteiger partial charge in [-0.25, -0.2) is 4.79 Å². The maximum absolute atomic E-state index is 12.8. The fourth-order valence-electron chi connectivity index (χ4n) is 2.63. The highest BCUT2D eigenvalue weighted by Crippen LogP contribution is 2.37. The Bertz CT molecular complexity index is 1200. The van der Waals surface area contributed by atoms with Gasteiger partial charge in [-0.05, 0) is 36.4 Å². The Labute approximate surface area is 173 Å². The third-order valence-electron chi connectivity index (χ3n) is 3.91. The van der Waals surface area contributed by atoms with Crippen molar-refractivity contribution in [2.24, 2.45) is 0 Å². The van der Waals surface area contributed by atoms with Gasteiger partial charge in [-0.3, -0.25) is 9.69 Å². The molecule has 1 saturated heterocycles. The molecule has 0 spiro atoms. The van der Waals surface area contributed by atoms with Crippen LogP contribution >= 0.6 is 47.2 Å². The number of nitrogens with zero attached hydrogens (tertiary/aromatic N) is 1. The summed E-state index contributed by atoms with van der Waals surface area (Å²) in [5, 5.41) is 1.47. The van der Waals surface area contributed by atoms with Crippen LogP contribution in [0.5, 0.6) is 0 Å². The monoisotopic (exact) mass is 433 g/mol. The van der Waals surface area contributed by atoms with E-state index in [0.717, 1.165) is 17.1 Å². The highest BCUT2D eigenvalue weighted by molar-refractivity contribution is 8.27. The number of hydrogen-bond acceptors (Lipinski definition) is 5. The molecule has 1 aliphatic rings. The SMILES string of the molecule is O=C1C(=Cc2cc3ccccc3oc2=O)SC(=S)N1c1ccc(Cl)c(Cl)c1. The summed E-state index contributed by atoms with van der Waals surface area (Å²) in [5.74, 6) is -0.337. The maximum Gasteiger partial charge on any atom is 0.343 e. The first-order valence-electron chi connectivity index (χ1n) is 7.70. The van der Waals surface area contributed by atoms with Crippen molar-refractivity contribution in [3.8, 4) is 0 Å². The quantitative estimate of drug-likeness (QED) is 0.303. The van der Waals surface area contributed by atoms with E-state index in [0.29, 0.717) is 30.5 Å². The second-order valence-electron chi connectivity index (χ2n) is 5.64. The Hall–Kier alpha value is -2.12. The number of amides is 1. The average Bonchev–Trinajstić information content (AvgIpc) is 2.92. The van der Waals surface area contributed by atoms with Crippen LogP contribution in [0.2, 0.25) is 10.0 Å². The van der Waals surface area contributed by atoms with E-state index in [-0.39, 0.29) is 11.5 Å². The summed E-state index contributed by atoms with van der Waals surface area (Å²) in [6, 6.07) is 13.7. The molecule has 27 heavy (non-hydrogen) atoms. The first-order chi connectivity index (χ1) is 12.9. The molecule has 0 saturated carbocycles. The van der Waals surface area contributed by atoms with E-state index < -0.39 is 5.63 Å².